The molecule has 0 atom stereocenters. The first kappa shape index (κ1) is 16.5. The lowest BCUT2D eigenvalue weighted by Gasteiger charge is -2.29. The summed E-state index contributed by atoms with van der Waals surface area (Å²) in [5, 5.41) is 0. The predicted octanol–water partition coefficient (Wildman–Crippen LogP) is 5.51. The number of halogens is 1. The van der Waals surface area contributed by atoms with Gasteiger partial charge in [-0.1, -0.05) is 31.7 Å². The van der Waals surface area contributed by atoms with Crippen LogP contribution in [0, 0.1) is 11.7 Å². The van der Waals surface area contributed by atoms with E-state index in [9.17, 15) is 0 Å². The highest BCUT2D eigenvalue weighted by Gasteiger charge is 2.27. The highest BCUT2D eigenvalue weighted by Crippen LogP contribution is 2.44. The van der Waals surface area contributed by atoms with Crippen LogP contribution in [-0.2, 0) is 0 Å². The number of nitrogens with zero attached hydrogens (tertiary/aromatic N) is 2. The number of ether oxygens (including phenoxy) is 1. The molecule has 2 aromatic rings. The Morgan fingerprint density at radius 3 is 2.52 bits per heavy atom. The zero-order valence-corrected chi connectivity index (χ0v) is 14.6. The molecular formula is C21H25FN2O. The second-order valence-corrected chi connectivity index (χ2v) is 7.38. The van der Waals surface area contributed by atoms with Crippen LogP contribution in [0.3, 0.4) is 0 Å². The van der Waals surface area contributed by atoms with Gasteiger partial charge in [-0.25, -0.2) is 4.39 Å². The van der Waals surface area contributed by atoms with E-state index in [0.717, 1.165) is 18.4 Å². The predicted molar refractivity (Wildman–Crippen MR) is 96.1 cm³/mol. The van der Waals surface area contributed by atoms with Crippen molar-refractivity contribution in [1.29, 1.82) is 0 Å². The lowest BCUT2D eigenvalue weighted by atomic mass is 9.79. The van der Waals surface area contributed by atoms with Crippen molar-refractivity contribution in [2.24, 2.45) is 5.92 Å². The fourth-order valence-electron chi connectivity index (χ4n) is 3.95. The zero-order chi connectivity index (χ0) is 17.1. The van der Waals surface area contributed by atoms with Gasteiger partial charge in [-0.3, -0.25) is 9.97 Å². The Morgan fingerprint density at radius 1 is 1.00 bits per heavy atom. The van der Waals surface area contributed by atoms with Crippen LogP contribution in [0.25, 0.3) is 11.3 Å². The normalized spacial score (nSPS) is 18.8. The maximum atomic E-state index is 15.3. The van der Waals surface area contributed by atoms with E-state index in [1.807, 2.05) is 12.1 Å². The minimum Gasteiger partial charge on any atom is -0.490 e. The molecular weight excluding hydrogens is 315 g/mol. The van der Waals surface area contributed by atoms with E-state index in [-0.39, 0.29) is 5.82 Å². The molecule has 0 aliphatic heterocycles. The molecule has 0 bridgehead atoms. The van der Waals surface area contributed by atoms with Crippen LogP contribution in [0.4, 0.5) is 4.39 Å². The van der Waals surface area contributed by atoms with E-state index in [2.05, 4.69) is 9.97 Å². The SMILES string of the molecule is Fc1c(-c2cnccn2)ccc(C2CCC2)c1OCC1CCCCC1. The van der Waals surface area contributed by atoms with Crippen molar-refractivity contribution in [3.05, 3.63) is 42.1 Å². The van der Waals surface area contributed by atoms with Crippen molar-refractivity contribution in [3.8, 4) is 17.0 Å². The van der Waals surface area contributed by atoms with Crippen molar-refractivity contribution in [2.45, 2.75) is 57.3 Å². The standard InChI is InChI=1S/C21H25FN2O/c22-20-18(19-13-23-11-12-24-19)10-9-17(16-7-4-8-16)21(20)25-14-15-5-2-1-3-6-15/h9-13,15-16H,1-8,14H2. The Bertz CT molecular complexity index is 709. The Morgan fingerprint density at radius 2 is 1.84 bits per heavy atom. The van der Waals surface area contributed by atoms with Gasteiger partial charge in [-0.2, -0.15) is 0 Å². The average molecular weight is 340 g/mol. The van der Waals surface area contributed by atoms with Crippen molar-refractivity contribution < 1.29 is 9.13 Å². The number of aromatic nitrogens is 2. The average Bonchev–Trinajstić information content (AvgIpc) is 2.61. The third-order valence-electron chi connectivity index (χ3n) is 5.70. The van der Waals surface area contributed by atoms with Crippen LogP contribution in [0.5, 0.6) is 5.75 Å². The first-order valence-corrected chi connectivity index (χ1v) is 9.54. The van der Waals surface area contributed by atoms with Gasteiger partial charge in [-0.15, -0.1) is 0 Å². The van der Waals surface area contributed by atoms with Crippen LogP contribution in [0.2, 0.25) is 0 Å². The summed E-state index contributed by atoms with van der Waals surface area (Å²) >= 11 is 0. The first-order chi connectivity index (χ1) is 12.3. The molecule has 0 unspecified atom stereocenters. The van der Waals surface area contributed by atoms with Crippen LogP contribution in [0.15, 0.2) is 30.7 Å². The number of hydrogen-bond acceptors (Lipinski definition) is 3. The van der Waals surface area contributed by atoms with Crippen LogP contribution in [0.1, 0.15) is 62.8 Å². The minimum absolute atomic E-state index is 0.277. The number of benzene rings is 1. The van der Waals surface area contributed by atoms with Crippen LogP contribution < -0.4 is 4.74 Å². The molecule has 0 amide bonds. The molecule has 1 aromatic heterocycles. The van der Waals surface area contributed by atoms with Crippen LogP contribution in [-0.4, -0.2) is 16.6 Å². The summed E-state index contributed by atoms with van der Waals surface area (Å²) in [4.78, 5) is 8.32. The molecule has 0 radical (unpaired) electrons. The van der Waals surface area contributed by atoms with Gasteiger partial charge < -0.3 is 4.74 Å². The molecule has 2 saturated carbocycles. The Kier molecular flexibility index (Phi) is 4.95. The molecule has 4 heteroatoms. The second-order valence-electron chi connectivity index (χ2n) is 7.38. The molecule has 0 N–H and O–H groups in total. The molecule has 0 saturated heterocycles. The highest BCUT2D eigenvalue weighted by molar-refractivity contribution is 5.63. The van der Waals surface area contributed by atoms with E-state index in [0.29, 0.717) is 35.4 Å². The quantitative estimate of drug-likeness (QED) is 0.720. The van der Waals surface area contributed by atoms with E-state index < -0.39 is 0 Å². The third kappa shape index (κ3) is 3.53. The van der Waals surface area contributed by atoms with Gasteiger partial charge in [0.15, 0.2) is 11.6 Å². The maximum Gasteiger partial charge on any atom is 0.174 e. The summed E-state index contributed by atoms with van der Waals surface area (Å²) < 4.78 is 21.4. The van der Waals surface area contributed by atoms with Crippen molar-refractivity contribution in [1.82, 2.24) is 9.97 Å². The summed E-state index contributed by atoms with van der Waals surface area (Å²) in [5.74, 6) is 1.17. The molecule has 4 rings (SSSR count). The van der Waals surface area contributed by atoms with Gasteiger partial charge in [0.2, 0.25) is 0 Å². The largest absolute Gasteiger partial charge is 0.490 e. The zero-order valence-electron chi connectivity index (χ0n) is 14.6. The van der Waals surface area contributed by atoms with Gasteiger partial charge >= 0.3 is 0 Å². The van der Waals surface area contributed by atoms with E-state index in [1.54, 1.807) is 18.6 Å². The highest BCUT2D eigenvalue weighted by atomic mass is 19.1. The van der Waals surface area contributed by atoms with Crippen molar-refractivity contribution in [3.63, 3.8) is 0 Å². The number of hydrogen-bond donors (Lipinski definition) is 0. The van der Waals surface area contributed by atoms with Crippen molar-refractivity contribution in [2.75, 3.05) is 6.61 Å². The maximum absolute atomic E-state index is 15.3. The molecule has 132 valence electrons. The van der Waals surface area contributed by atoms with E-state index >= 15 is 4.39 Å². The molecule has 2 fully saturated rings. The molecule has 2 aliphatic rings. The lowest BCUT2D eigenvalue weighted by Crippen LogP contribution is -2.18. The first-order valence-electron chi connectivity index (χ1n) is 9.54. The fourth-order valence-corrected chi connectivity index (χ4v) is 3.95. The van der Waals surface area contributed by atoms with E-state index in [1.165, 1.54) is 38.5 Å². The third-order valence-corrected chi connectivity index (χ3v) is 5.70. The van der Waals surface area contributed by atoms with Gasteiger partial charge in [-0.05, 0) is 43.6 Å². The smallest absolute Gasteiger partial charge is 0.174 e. The van der Waals surface area contributed by atoms with Gasteiger partial charge in [0, 0.05) is 23.5 Å². The molecule has 25 heavy (non-hydrogen) atoms. The summed E-state index contributed by atoms with van der Waals surface area (Å²) in [6, 6.07) is 3.87. The summed E-state index contributed by atoms with van der Waals surface area (Å²) in [6.07, 6.45) is 14.5. The molecule has 0 spiro atoms. The van der Waals surface area contributed by atoms with Crippen molar-refractivity contribution >= 4 is 0 Å². The topological polar surface area (TPSA) is 35.0 Å². The summed E-state index contributed by atoms with van der Waals surface area (Å²) in [5.41, 5.74) is 2.07. The Balaban J connectivity index is 1.63. The lowest BCUT2D eigenvalue weighted by molar-refractivity contribution is 0.198. The minimum atomic E-state index is -0.277. The fraction of sp³-hybridized carbons (Fsp3) is 0.524. The van der Waals surface area contributed by atoms with Gasteiger partial charge in [0.25, 0.3) is 0 Å². The van der Waals surface area contributed by atoms with Crippen LogP contribution >= 0.6 is 0 Å². The number of rotatable bonds is 5. The Hall–Kier alpha value is -1.97. The summed E-state index contributed by atoms with van der Waals surface area (Å²) in [6.45, 7) is 0.626. The molecule has 1 heterocycles. The summed E-state index contributed by atoms with van der Waals surface area (Å²) in [7, 11) is 0. The molecule has 1 aromatic carbocycles. The molecule has 3 nitrogen and oxygen atoms in total. The monoisotopic (exact) mass is 340 g/mol. The second kappa shape index (κ2) is 7.51. The molecule has 2 aliphatic carbocycles. The Labute approximate surface area is 148 Å². The van der Waals surface area contributed by atoms with Gasteiger partial charge in [0.05, 0.1) is 18.5 Å². The van der Waals surface area contributed by atoms with Gasteiger partial charge in [0.1, 0.15) is 0 Å². The van der Waals surface area contributed by atoms with E-state index in [4.69, 9.17) is 4.74 Å².